The number of para-hydroxylation sites is 1. The lowest BCUT2D eigenvalue weighted by molar-refractivity contribution is -0.115. The van der Waals surface area contributed by atoms with Gasteiger partial charge in [-0.05, 0) is 48.9 Å². The molecule has 1 amide bonds. The molecule has 0 aliphatic rings. The molecule has 0 unspecified atom stereocenters. The van der Waals surface area contributed by atoms with Crippen molar-refractivity contribution in [1.82, 2.24) is 0 Å². The molecule has 4 heteroatoms. The number of nitrogens with one attached hydrogen (secondary N) is 1. The number of carbonyl (C=O) groups is 1. The Hall–Kier alpha value is -2.72. The lowest BCUT2D eigenvalue weighted by atomic mass is 10.2. The summed E-state index contributed by atoms with van der Waals surface area (Å²) in [6, 6.07) is 27.2. The molecule has 0 saturated heterocycles. The van der Waals surface area contributed by atoms with Crippen LogP contribution < -0.4 is 10.1 Å². The predicted octanol–water partition coefficient (Wildman–Crippen LogP) is 5.74. The standard InChI is InChI=1S/C22H21NO2S/c1-17(26-16-18-8-4-2-5-9-18)22(24)23-19-12-14-21(15-13-19)25-20-10-6-3-7-11-20/h2-15,17H,16H2,1H3,(H,23,24)/t17-/m1/s1. The molecule has 0 heterocycles. The molecule has 3 aromatic rings. The van der Waals surface area contributed by atoms with Crippen molar-refractivity contribution in [2.45, 2.75) is 17.9 Å². The Kier molecular flexibility index (Phi) is 6.34. The molecular weight excluding hydrogens is 342 g/mol. The smallest absolute Gasteiger partial charge is 0.237 e. The van der Waals surface area contributed by atoms with Crippen LogP contribution in [-0.2, 0) is 10.5 Å². The van der Waals surface area contributed by atoms with Crippen molar-refractivity contribution in [3.05, 3.63) is 90.5 Å². The van der Waals surface area contributed by atoms with Gasteiger partial charge in [0.25, 0.3) is 0 Å². The molecule has 0 aliphatic heterocycles. The molecule has 0 bridgehead atoms. The van der Waals surface area contributed by atoms with Gasteiger partial charge >= 0.3 is 0 Å². The number of thioether (sulfide) groups is 1. The van der Waals surface area contributed by atoms with Gasteiger partial charge in [0.05, 0.1) is 5.25 Å². The van der Waals surface area contributed by atoms with Gasteiger partial charge in [0.1, 0.15) is 11.5 Å². The summed E-state index contributed by atoms with van der Waals surface area (Å²) in [5.41, 5.74) is 1.99. The van der Waals surface area contributed by atoms with Crippen LogP contribution in [0.1, 0.15) is 12.5 Å². The Bertz CT molecular complexity index is 820. The van der Waals surface area contributed by atoms with Crippen molar-refractivity contribution < 1.29 is 9.53 Å². The van der Waals surface area contributed by atoms with Gasteiger partial charge in [-0.1, -0.05) is 48.5 Å². The summed E-state index contributed by atoms with van der Waals surface area (Å²) in [6.07, 6.45) is 0. The molecule has 0 saturated carbocycles. The highest BCUT2D eigenvalue weighted by atomic mass is 32.2. The fourth-order valence-corrected chi connectivity index (χ4v) is 3.19. The molecule has 0 fully saturated rings. The predicted molar refractivity (Wildman–Crippen MR) is 109 cm³/mol. The average molecular weight is 363 g/mol. The topological polar surface area (TPSA) is 38.3 Å². The maximum absolute atomic E-state index is 12.3. The molecule has 1 N–H and O–H groups in total. The zero-order valence-electron chi connectivity index (χ0n) is 14.6. The van der Waals surface area contributed by atoms with Gasteiger partial charge in [0.2, 0.25) is 5.91 Å². The van der Waals surface area contributed by atoms with Gasteiger partial charge in [-0.15, -0.1) is 11.8 Å². The quantitative estimate of drug-likeness (QED) is 0.582. The maximum Gasteiger partial charge on any atom is 0.237 e. The van der Waals surface area contributed by atoms with Crippen molar-refractivity contribution in [3.63, 3.8) is 0 Å². The van der Waals surface area contributed by atoms with Crippen LogP contribution in [0, 0.1) is 0 Å². The first-order valence-corrected chi connectivity index (χ1v) is 9.55. The molecule has 0 aromatic heterocycles. The van der Waals surface area contributed by atoms with Crippen LogP contribution >= 0.6 is 11.8 Å². The summed E-state index contributed by atoms with van der Waals surface area (Å²) in [4.78, 5) is 12.3. The van der Waals surface area contributed by atoms with E-state index in [0.717, 1.165) is 22.9 Å². The summed E-state index contributed by atoms with van der Waals surface area (Å²) >= 11 is 1.63. The van der Waals surface area contributed by atoms with Crippen LogP contribution in [0.2, 0.25) is 0 Å². The molecule has 3 nitrogen and oxygen atoms in total. The van der Waals surface area contributed by atoms with Crippen LogP contribution in [0.4, 0.5) is 5.69 Å². The fourth-order valence-electron chi connectivity index (χ4n) is 2.35. The Morgan fingerprint density at radius 3 is 2.12 bits per heavy atom. The first-order chi connectivity index (χ1) is 12.7. The summed E-state index contributed by atoms with van der Waals surface area (Å²) in [5.74, 6) is 2.35. The largest absolute Gasteiger partial charge is 0.457 e. The van der Waals surface area contributed by atoms with Gasteiger partial charge < -0.3 is 10.1 Å². The molecule has 0 aliphatic carbocycles. The fraction of sp³-hybridized carbons (Fsp3) is 0.136. The first kappa shape index (κ1) is 18.1. The van der Waals surface area contributed by atoms with E-state index >= 15 is 0 Å². The van der Waals surface area contributed by atoms with Gasteiger partial charge in [0, 0.05) is 11.4 Å². The van der Waals surface area contributed by atoms with E-state index in [1.165, 1.54) is 5.56 Å². The van der Waals surface area contributed by atoms with Crippen LogP contribution in [0.5, 0.6) is 11.5 Å². The number of anilines is 1. The first-order valence-electron chi connectivity index (χ1n) is 8.50. The molecule has 3 rings (SSSR count). The van der Waals surface area contributed by atoms with Crippen LogP contribution in [0.15, 0.2) is 84.9 Å². The van der Waals surface area contributed by atoms with Crippen molar-refractivity contribution in [1.29, 1.82) is 0 Å². The minimum absolute atomic E-state index is 0.00246. The Balaban J connectivity index is 1.50. The van der Waals surface area contributed by atoms with Crippen LogP contribution in [0.25, 0.3) is 0 Å². The SMILES string of the molecule is C[C@@H](SCc1ccccc1)C(=O)Nc1ccc(Oc2ccccc2)cc1. The van der Waals surface area contributed by atoms with E-state index < -0.39 is 0 Å². The average Bonchev–Trinajstić information content (AvgIpc) is 2.69. The summed E-state index contributed by atoms with van der Waals surface area (Å²) in [5, 5.41) is 2.82. The zero-order valence-corrected chi connectivity index (χ0v) is 15.4. The number of amides is 1. The monoisotopic (exact) mass is 363 g/mol. The minimum atomic E-state index is -0.129. The molecule has 3 aromatic carbocycles. The molecule has 0 radical (unpaired) electrons. The van der Waals surface area contributed by atoms with E-state index in [9.17, 15) is 4.79 Å². The highest BCUT2D eigenvalue weighted by Crippen LogP contribution is 2.23. The third-order valence-corrected chi connectivity index (χ3v) is 5.03. The van der Waals surface area contributed by atoms with E-state index in [4.69, 9.17) is 4.74 Å². The minimum Gasteiger partial charge on any atom is -0.457 e. The van der Waals surface area contributed by atoms with Crippen LogP contribution in [-0.4, -0.2) is 11.2 Å². The second kappa shape index (κ2) is 9.11. The lowest BCUT2D eigenvalue weighted by Gasteiger charge is -2.12. The third kappa shape index (κ3) is 5.39. The van der Waals surface area contributed by atoms with Crippen molar-refractivity contribution in [3.8, 4) is 11.5 Å². The third-order valence-electron chi connectivity index (χ3n) is 3.81. The Labute approximate surface area is 158 Å². The molecular formula is C22H21NO2S. The van der Waals surface area contributed by atoms with E-state index in [-0.39, 0.29) is 11.2 Å². The zero-order chi connectivity index (χ0) is 18.2. The van der Waals surface area contributed by atoms with Gasteiger partial charge in [-0.3, -0.25) is 4.79 Å². The number of hydrogen-bond acceptors (Lipinski definition) is 3. The second-order valence-electron chi connectivity index (χ2n) is 5.87. The number of hydrogen-bond donors (Lipinski definition) is 1. The highest BCUT2D eigenvalue weighted by molar-refractivity contribution is 7.99. The van der Waals surface area contributed by atoms with Crippen LogP contribution in [0.3, 0.4) is 0 Å². The molecule has 26 heavy (non-hydrogen) atoms. The van der Waals surface area contributed by atoms with E-state index in [2.05, 4.69) is 17.4 Å². The molecule has 1 atom stereocenters. The second-order valence-corrected chi connectivity index (χ2v) is 7.20. The number of benzene rings is 3. The number of ether oxygens (including phenoxy) is 1. The summed E-state index contributed by atoms with van der Waals surface area (Å²) in [6.45, 7) is 1.93. The normalized spacial score (nSPS) is 11.6. The van der Waals surface area contributed by atoms with Gasteiger partial charge in [-0.25, -0.2) is 0 Å². The number of rotatable bonds is 7. The number of carbonyl (C=O) groups excluding carboxylic acids is 1. The summed E-state index contributed by atoms with van der Waals surface area (Å²) < 4.78 is 5.76. The van der Waals surface area contributed by atoms with Gasteiger partial charge in [0.15, 0.2) is 0 Å². The van der Waals surface area contributed by atoms with Gasteiger partial charge in [-0.2, -0.15) is 0 Å². The maximum atomic E-state index is 12.3. The lowest BCUT2D eigenvalue weighted by Crippen LogP contribution is -2.22. The van der Waals surface area contributed by atoms with Crippen molar-refractivity contribution >= 4 is 23.4 Å². The summed E-state index contributed by atoms with van der Waals surface area (Å²) in [7, 11) is 0. The van der Waals surface area contributed by atoms with E-state index in [1.807, 2.05) is 79.7 Å². The van der Waals surface area contributed by atoms with E-state index in [1.54, 1.807) is 11.8 Å². The Morgan fingerprint density at radius 2 is 1.46 bits per heavy atom. The molecule has 0 spiro atoms. The van der Waals surface area contributed by atoms with E-state index in [0.29, 0.717) is 0 Å². The van der Waals surface area contributed by atoms with Crippen molar-refractivity contribution in [2.24, 2.45) is 0 Å². The van der Waals surface area contributed by atoms with Crippen molar-refractivity contribution in [2.75, 3.05) is 5.32 Å². The highest BCUT2D eigenvalue weighted by Gasteiger charge is 2.13. The Morgan fingerprint density at radius 1 is 0.885 bits per heavy atom. The molecule has 132 valence electrons.